The smallest absolute Gasteiger partial charge is 0.347 e. The fourth-order valence-corrected chi connectivity index (χ4v) is 5.47. The monoisotopic (exact) mass is 647 g/mol. The Labute approximate surface area is 238 Å². The van der Waals surface area contributed by atoms with Crippen LogP contribution in [0.4, 0.5) is 0 Å². The molecule has 0 bridgehead atoms. The van der Waals surface area contributed by atoms with Crippen LogP contribution < -0.4 is 15.0 Å². The molecule has 202 valence electrons. The Kier molecular flexibility index (Phi) is 9.59. The first kappa shape index (κ1) is 28.3. The van der Waals surface area contributed by atoms with Gasteiger partial charge in [0.25, 0.3) is 5.56 Å². The van der Waals surface area contributed by atoms with Crippen molar-refractivity contribution in [3.63, 3.8) is 0 Å². The predicted molar refractivity (Wildman–Crippen MR) is 155 cm³/mol. The molecule has 0 saturated heterocycles. The maximum absolute atomic E-state index is 13.6. The van der Waals surface area contributed by atoms with Gasteiger partial charge in [0.15, 0.2) is 17.6 Å². The lowest BCUT2D eigenvalue weighted by Crippen LogP contribution is -2.26. The maximum atomic E-state index is 13.6. The highest BCUT2D eigenvalue weighted by Gasteiger charge is 2.23. The van der Waals surface area contributed by atoms with Crippen LogP contribution in [0.15, 0.2) is 49.2 Å². The topological polar surface area (TPSA) is 92.0 Å². The van der Waals surface area contributed by atoms with Gasteiger partial charge in [-0.2, -0.15) is 9.78 Å². The van der Waals surface area contributed by atoms with Gasteiger partial charge in [0.1, 0.15) is 5.82 Å². The number of benzene rings is 2. The molecule has 0 unspecified atom stereocenters. The van der Waals surface area contributed by atoms with Crippen molar-refractivity contribution in [2.24, 2.45) is 5.10 Å². The predicted octanol–water partition coefficient (Wildman–Crippen LogP) is 6.58. The Morgan fingerprint density at radius 3 is 2.63 bits per heavy atom. The van der Waals surface area contributed by atoms with Gasteiger partial charge in [0.2, 0.25) is 0 Å². The molecule has 1 aromatic heterocycles. The van der Waals surface area contributed by atoms with Crippen molar-refractivity contribution in [3.8, 4) is 11.5 Å². The fourth-order valence-electron chi connectivity index (χ4n) is 4.55. The van der Waals surface area contributed by atoms with Crippen molar-refractivity contribution < 1.29 is 19.0 Å². The van der Waals surface area contributed by atoms with E-state index in [1.54, 1.807) is 38.3 Å². The van der Waals surface area contributed by atoms with Gasteiger partial charge in [-0.05, 0) is 85.4 Å². The molecule has 0 aliphatic heterocycles. The second kappa shape index (κ2) is 12.9. The molecule has 1 heterocycles. The van der Waals surface area contributed by atoms with Gasteiger partial charge in [0.05, 0.1) is 34.8 Å². The summed E-state index contributed by atoms with van der Waals surface area (Å²) in [5.74, 6) is 1.24. The zero-order chi connectivity index (χ0) is 27.2. The van der Waals surface area contributed by atoms with Crippen molar-refractivity contribution in [1.29, 1.82) is 0 Å². The van der Waals surface area contributed by atoms with E-state index in [2.05, 4.69) is 37.0 Å². The molecule has 38 heavy (non-hydrogen) atoms. The van der Waals surface area contributed by atoms with Crippen LogP contribution >= 0.6 is 31.9 Å². The minimum atomic E-state index is -0.815. The first-order chi connectivity index (χ1) is 18.3. The lowest BCUT2D eigenvalue weighted by Gasteiger charge is -2.22. The summed E-state index contributed by atoms with van der Waals surface area (Å²) in [6, 6.07) is 9.11. The minimum absolute atomic E-state index is 0.174. The van der Waals surface area contributed by atoms with E-state index >= 15 is 0 Å². The number of hydrogen-bond donors (Lipinski definition) is 0. The summed E-state index contributed by atoms with van der Waals surface area (Å²) in [5, 5.41) is 5.13. The van der Waals surface area contributed by atoms with Crippen LogP contribution in [0.5, 0.6) is 11.5 Å². The highest BCUT2D eigenvalue weighted by atomic mass is 79.9. The van der Waals surface area contributed by atoms with Crippen LogP contribution in [0.3, 0.4) is 0 Å². The van der Waals surface area contributed by atoms with Gasteiger partial charge >= 0.3 is 5.97 Å². The van der Waals surface area contributed by atoms with Gasteiger partial charge in [-0.3, -0.25) is 4.79 Å². The van der Waals surface area contributed by atoms with Crippen LogP contribution in [0, 0.1) is 0 Å². The number of carbonyl (C=O) groups is 1. The molecule has 1 saturated carbocycles. The molecule has 3 aromatic rings. The Balaban J connectivity index is 1.74. The maximum Gasteiger partial charge on any atom is 0.347 e. The number of fused-ring (bicyclic) bond motifs is 1. The molecule has 0 spiro atoms. The van der Waals surface area contributed by atoms with Crippen LogP contribution in [-0.4, -0.2) is 41.2 Å². The number of aromatic nitrogens is 2. The van der Waals surface area contributed by atoms with Gasteiger partial charge in [-0.25, -0.2) is 9.78 Å². The third kappa shape index (κ3) is 6.46. The fraction of sp³-hybridized carbons (Fsp3) is 0.429. The molecule has 0 radical (unpaired) electrons. The lowest BCUT2D eigenvalue weighted by molar-refractivity contribution is -0.150. The third-order valence-corrected chi connectivity index (χ3v) is 7.45. The number of hydrogen-bond acceptors (Lipinski definition) is 7. The van der Waals surface area contributed by atoms with E-state index in [-0.39, 0.29) is 18.1 Å². The molecule has 2 aromatic carbocycles. The van der Waals surface area contributed by atoms with E-state index in [4.69, 9.17) is 19.2 Å². The summed E-state index contributed by atoms with van der Waals surface area (Å²) in [6.07, 6.45) is 6.18. The van der Waals surface area contributed by atoms with Gasteiger partial charge in [-0.15, -0.1) is 0 Å². The van der Waals surface area contributed by atoms with E-state index in [1.165, 1.54) is 11.1 Å². The largest absolute Gasteiger partial charge is 0.490 e. The highest BCUT2D eigenvalue weighted by Crippen LogP contribution is 2.37. The van der Waals surface area contributed by atoms with Gasteiger partial charge in [-0.1, -0.05) is 35.2 Å². The Morgan fingerprint density at radius 2 is 1.92 bits per heavy atom. The minimum Gasteiger partial charge on any atom is -0.490 e. The molecule has 4 rings (SSSR count). The van der Waals surface area contributed by atoms with Crippen LogP contribution in [0.1, 0.15) is 70.2 Å². The number of halogens is 2. The Hall–Kier alpha value is -2.72. The van der Waals surface area contributed by atoms with Crippen molar-refractivity contribution in [2.45, 2.75) is 64.9 Å². The molecule has 1 aliphatic rings. The van der Waals surface area contributed by atoms with E-state index in [1.807, 2.05) is 19.1 Å². The first-order valence-electron chi connectivity index (χ1n) is 12.9. The summed E-state index contributed by atoms with van der Waals surface area (Å²) < 4.78 is 19.6. The lowest BCUT2D eigenvalue weighted by atomic mass is 9.88. The molecular weight excluding hydrogens is 618 g/mol. The van der Waals surface area contributed by atoms with Crippen molar-refractivity contribution in [1.82, 2.24) is 9.66 Å². The summed E-state index contributed by atoms with van der Waals surface area (Å²) in [4.78, 5) is 30.6. The first-order valence-corrected chi connectivity index (χ1v) is 14.5. The molecule has 8 nitrogen and oxygen atoms in total. The molecule has 0 N–H and O–H groups in total. The summed E-state index contributed by atoms with van der Waals surface area (Å²) in [6.45, 7) is 5.90. The second-order valence-corrected chi connectivity index (χ2v) is 10.9. The third-order valence-electron chi connectivity index (χ3n) is 6.37. The van der Waals surface area contributed by atoms with Crippen molar-refractivity contribution in [2.75, 3.05) is 13.2 Å². The van der Waals surface area contributed by atoms with Crippen molar-refractivity contribution >= 4 is 54.9 Å². The molecule has 10 heteroatoms. The Morgan fingerprint density at radius 1 is 1.16 bits per heavy atom. The SMILES string of the molecule is CCOC(=O)[C@@H](C)Oc1c(Br)cc(C=Nn2c(C3CCCCC3)nc3ccc(Br)cc3c2=O)cc1OCC. The number of nitrogens with zero attached hydrogens (tertiary/aromatic N) is 3. The highest BCUT2D eigenvalue weighted by molar-refractivity contribution is 9.10. The zero-order valence-electron chi connectivity index (χ0n) is 21.7. The normalized spacial score (nSPS) is 15.1. The molecular formula is C28H31Br2N3O5. The summed E-state index contributed by atoms with van der Waals surface area (Å²) >= 11 is 7.00. The summed E-state index contributed by atoms with van der Waals surface area (Å²) in [7, 11) is 0. The van der Waals surface area contributed by atoms with E-state index in [0.717, 1.165) is 30.2 Å². The quantitative estimate of drug-likeness (QED) is 0.192. The molecule has 1 aliphatic carbocycles. The number of ether oxygens (including phenoxy) is 3. The number of carbonyl (C=O) groups excluding carboxylic acids is 1. The number of rotatable bonds is 9. The average Bonchev–Trinajstić information content (AvgIpc) is 2.91. The van der Waals surface area contributed by atoms with Crippen LogP contribution in [0.25, 0.3) is 10.9 Å². The van der Waals surface area contributed by atoms with E-state index in [0.29, 0.717) is 44.9 Å². The number of esters is 1. The summed E-state index contributed by atoms with van der Waals surface area (Å²) in [5.41, 5.74) is 1.15. The van der Waals surface area contributed by atoms with E-state index in [9.17, 15) is 9.59 Å². The van der Waals surface area contributed by atoms with Gasteiger partial charge in [0, 0.05) is 10.4 Å². The van der Waals surface area contributed by atoms with Crippen LogP contribution in [0.2, 0.25) is 0 Å². The second-order valence-electron chi connectivity index (χ2n) is 9.10. The van der Waals surface area contributed by atoms with E-state index < -0.39 is 12.1 Å². The molecule has 1 fully saturated rings. The average molecular weight is 649 g/mol. The zero-order valence-corrected chi connectivity index (χ0v) is 24.9. The Bertz CT molecular complexity index is 1400. The molecule has 0 amide bonds. The van der Waals surface area contributed by atoms with Crippen LogP contribution in [-0.2, 0) is 9.53 Å². The molecule has 1 atom stereocenters. The standard InChI is InChI=1S/C28H31Br2N3O5/c1-4-36-24-14-18(13-22(30)25(24)38-17(3)28(35)37-5-2)16-31-33-26(19-9-7-6-8-10-19)32-23-12-11-20(29)15-21(23)27(33)34/h11-17,19H,4-10H2,1-3H3/t17-/m1/s1. The van der Waals surface area contributed by atoms with Crippen molar-refractivity contribution in [3.05, 3.63) is 61.0 Å². The van der Waals surface area contributed by atoms with Gasteiger partial charge < -0.3 is 14.2 Å².